The summed E-state index contributed by atoms with van der Waals surface area (Å²) in [6.45, 7) is 0.437. The van der Waals surface area contributed by atoms with Crippen molar-refractivity contribution in [2.75, 3.05) is 0 Å². The number of hydrogen-bond acceptors (Lipinski definition) is 2. The van der Waals surface area contributed by atoms with E-state index in [1.165, 1.54) is 29.1 Å². The van der Waals surface area contributed by atoms with Crippen molar-refractivity contribution in [3.63, 3.8) is 0 Å². The second-order valence-corrected chi connectivity index (χ2v) is 6.07. The lowest BCUT2D eigenvalue weighted by Crippen LogP contribution is -2.22. The number of rotatable bonds is 2. The number of halogens is 3. The van der Waals surface area contributed by atoms with Crippen LogP contribution in [0.15, 0.2) is 29.3 Å². The molecule has 1 unspecified atom stereocenters. The van der Waals surface area contributed by atoms with E-state index in [2.05, 4.69) is 4.98 Å². The third-order valence-electron chi connectivity index (χ3n) is 3.16. The van der Waals surface area contributed by atoms with Crippen molar-refractivity contribution in [2.45, 2.75) is 17.3 Å². The van der Waals surface area contributed by atoms with Crippen LogP contribution in [0.25, 0.3) is 10.9 Å². The molecule has 1 aliphatic carbocycles. The van der Waals surface area contributed by atoms with Crippen molar-refractivity contribution in [1.29, 1.82) is 0 Å². The molecule has 18 heavy (non-hydrogen) atoms. The Morgan fingerprint density at radius 2 is 2.22 bits per heavy atom. The van der Waals surface area contributed by atoms with E-state index in [0.29, 0.717) is 23.9 Å². The number of aromatic nitrogens is 2. The Balaban J connectivity index is 2.02. The molecular formula is C12H9Cl2FN2O. The van der Waals surface area contributed by atoms with Crippen molar-refractivity contribution < 1.29 is 4.39 Å². The molecule has 1 aromatic heterocycles. The smallest absolute Gasteiger partial charge is 0.261 e. The lowest BCUT2D eigenvalue weighted by Gasteiger charge is -2.06. The van der Waals surface area contributed by atoms with Crippen LogP contribution in [0.5, 0.6) is 0 Å². The zero-order valence-electron chi connectivity index (χ0n) is 9.24. The van der Waals surface area contributed by atoms with Crippen LogP contribution >= 0.6 is 23.2 Å². The molecule has 0 radical (unpaired) electrons. The molecule has 0 aliphatic heterocycles. The van der Waals surface area contributed by atoms with Crippen molar-refractivity contribution in [3.05, 3.63) is 40.7 Å². The molecule has 6 heteroatoms. The molecule has 0 amide bonds. The molecule has 1 fully saturated rings. The Morgan fingerprint density at radius 3 is 2.89 bits per heavy atom. The van der Waals surface area contributed by atoms with Crippen LogP contribution in [-0.4, -0.2) is 13.9 Å². The molecule has 1 aliphatic rings. The van der Waals surface area contributed by atoms with Gasteiger partial charge in [0.2, 0.25) is 0 Å². The largest absolute Gasteiger partial charge is 0.298 e. The summed E-state index contributed by atoms with van der Waals surface area (Å²) in [6, 6.07) is 3.93. The van der Waals surface area contributed by atoms with Gasteiger partial charge in [-0.25, -0.2) is 9.37 Å². The Morgan fingerprint density at radius 1 is 1.50 bits per heavy atom. The average Bonchev–Trinajstić information content (AvgIpc) is 2.90. The Hall–Kier alpha value is -1.13. The molecule has 0 N–H and O–H groups in total. The van der Waals surface area contributed by atoms with E-state index in [-0.39, 0.29) is 11.5 Å². The molecule has 1 heterocycles. The summed E-state index contributed by atoms with van der Waals surface area (Å²) in [5.74, 6) is -0.340. The summed E-state index contributed by atoms with van der Waals surface area (Å²) in [5, 5.41) is 0.397. The van der Waals surface area contributed by atoms with Gasteiger partial charge in [-0.2, -0.15) is 0 Å². The third kappa shape index (κ3) is 1.99. The van der Waals surface area contributed by atoms with E-state index in [1.54, 1.807) is 0 Å². The van der Waals surface area contributed by atoms with E-state index < -0.39 is 10.2 Å². The fourth-order valence-corrected chi connectivity index (χ4v) is 2.48. The van der Waals surface area contributed by atoms with Gasteiger partial charge in [0.05, 0.1) is 17.2 Å². The summed E-state index contributed by atoms with van der Waals surface area (Å²) in [7, 11) is 0. The van der Waals surface area contributed by atoms with Gasteiger partial charge < -0.3 is 0 Å². The van der Waals surface area contributed by atoms with E-state index >= 15 is 0 Å². The standard InChI is InChI=1S/C12H9Cl2FN2O/c13-12(14)4-7(12)5-17-6-16-10-3-8(15)1-2-9(10)11(17)18/h1-3,6-7H,4-5H2. The molecular weight excluding hydrogens is 278 g/mol. The van der Waals surface area contributed by atoms with Crippen LogP contribution in [0.1, 0.15) is 6.42 Å². The molecule has 1 aromatic carbocycles. The molecule has 0 spiro atoms. The predicted octanol–water partition coefficient (Wildman–Crippen LogP) is 2.73. The zero-order chi connectivity index (χ0) is 12.9. The quantitative estimate of drug-likeness (QED) is 0.796. The molecule has 3 rings (SSSR count). The molecule has 2 aromatic rings. The summed E-state index contributed by atoms with van der Waals surface area (Å²) in [6.07, 6.45) is 2.08. The molecule has 94 valence electrons. The lowest BCUT2D eigenvalue weighted by atomic mass is 10.2. The van der Waals surface area contributed by atoms with Crippen LogP contribution in [0.4, 0.5) is 4.39 Å². The number of alkyl halides is 2. The molecule has 0 saturated heterocycles. The van der Waals surface area contributed by atoms with Gasteiger partial charge in [0, 0.05) is 18.5 Å². The predicted molar refractivity (Wildman–Crippen MR) is 68.5 cm³/mol. The average molecular weight is 287 g/mol. The summed E-state index contributed by atoms with van der Waals surface area (Å²) in [4.78, 5) is 16.2. The fourth-order valence-electron chi connectivity index (χ4n) is 1.97. The van der Waals surface area contributed by atoms with E-state index in [4.69, 9.17) is 23.2 Å². The Kier molecular flexibility index (Phi) is 2.61. The number of benzene rings is 1. The van der Waals surface area contributed by atoms with Gasteiger partial charge in [0.15, 0.2) is 0 Å². The highest BCUT2D eigenvalue weighted by molar-refractivity contribution is 6.50. The van der Waals surface area contributed by atoms with Crippen molar-refractivity contribution >= 4 is 34.1 Å². The van der Waals surface area contributed by atoms with Crippen LogP contribution in [0, 0.1) is 11.7 Å². The van der Waals surface area contributed by atoms with Crippen LogP contribution in [0.3, 0.4) is 0 Å². The molecule has 1 saturated carbocycles. The maximum absolute atomic E-state index is 13.0. The first-order chi connectivity index (χ1) is 8.47. The van der Waals surface area contributed by atoms with Gasteiger partial charge in [-0.15, -0.1) is 23.2 Å². The maximum Gasteiger partial charge on any atom is 0.261 e. The van der Waals surface area contributed by atoms with Crippen molar-refractivity contribution in [1.82, 2.24) is 9.55 Å². The number of fused-ring (bicyclic) bond motifs is 1. The molecule has 0 bridgehead atoms. The van der Waals surface area contributed by atoms with E-state index in [0.717, 1.165) is 0 Å². The zero-order valence-corrected chi connectivity index (χ0v) is 10.7. The molecule has 3 nitrogen and oxygen atoms in total. The van der Waals surface area contributed by atoms with Crippen LogP contribution < -0.4 is 5.56 Å². The first kappa shape index (κ1) is 11.9. The number of hydrogen-bond donors (Lipinski definition) is 0. The van der Waals surface area contributed by atoms with Crippen molar-refractivity contribution in [3.8, 4) is 0 Å². The molecule has 1 atom stereocenters. The lowest BCUT2D eigenvalue weighted by molar-refractivity contribution is 0.596. The van der Waals surface area contributed by atoms with Gasteiger partial charge >= 0.3 is 0 Å². The minimum atomic E-state index is -0.725. The van der Waals surface area contributed by atoms with Gasteiger partial charge in [-0.3, -0.25) is 9.36 Å². The summed E-state index contributed by atoms with van der Waals surface area (Å²) in [5.41, 5.74) is 0.158. The number of nitrogens with zero attached hydrogens (tertiary/aromatic N) is 2. The van der Waals surface area contributed by atoms with Crippen LogP contribution in [-0.2, 0) is 6.54 Å². The summed E-state index contributed by atoms with van der Waals surface area (Å²) >= 11 is 11.9. The Bertz CT molecular complexity index is 683. The minimum absolute atomic E-state index is 0.0678. The SMILES string of the molecule is O=c1c2ccc(F)cc2ncn1CC1CC1(Cl)Cl. The first-order valence-corrected chi connectivity index (χ1v) is 6.25. The highest BCUT2D eigenvalue weighted by atomic mass is 35.5. The Labute approximate surface area is 112 Å². The van der Waals surface area contributed by atoms with Crippen LogP contribution in [0.2, 0.25) is 0 Å². The third-order valence-corrected chi connectivity index (χ3v) is 4.09. The normalized spacial score (nSPS) is 21.2. The van der Waals surface area contributed by atoms with Crippen molar-refractivity contribution in [2.24, 2.45) is 5.92 Å². The highest BCUT2D eigenvalue weighted by Crippen LogP contribution is 2.53. The minimum Gasteiger partial charge on any atom is -0.298 e. The van der Waals surface area contributed by atoms with E-state index in [9.17, 15) is 9.18 Å². The van der Waals surface area contributed by atoms with Gasteiger partial charge in [0.25, 0.3) is 5.56 Å². The summed E-state index contributed by atoms with van der Waals surface area (Å²) < 4.78 is 13.8. The topological polar surface area (TPSA) is 34.9 Å². The maximum atomic E-state index is 13.0. The van der Waals surface area contributed by atoms with Gasteiger partial charge in [0.1, 0.15) is 10.2 Å². The first-order valence-electron chi connectivity index (χ1n) is 5.50. The second kappa shape index (κ2) is 3.93. The second-order valence-electron chi connectivity index (χ2n) is 4.53. The van der Waals surface area contributed by atoms with Gasteiger partial charge in [-0.05, 0) is 18.6 Å². The monoisotopic (exact) mass is 286 g/mol. The highest BCUT2D eigenvalue weighted by Gasteiger charge is 2.51. The fraction of sp³-hybridized carbons (Fsp3) is 0.333. The van der Waals surface area contributed by atoms with Gasteiger partial charge in [-0.1, -0.05) is 0 Å². The van der Waals surface area contributed by atoms with E-state index in [1.807, 2.05) is 0 Å².